The smallest absolute Gasteiger partial charge is 0.335 e. The Morgan fingerprint density at radius 2 is 1.65 bits per heavy atom. The summed E-state index contributed by atoms with van der Waals surface area (Å²) in [6.07, 6.45) is -2.58. The number of carbonyl (C=O) groups excluding carboxylic acids is 1. The van der Waals surface area contributed by atoms with Gasteiger partial charge >= 0.3 is 12.2 Å². The first-order valence-corrected chi connectivity index (χ1v) is 8.96. The molecule has 146 valence electrons. The highest BCUT2D eigenvalue weighted by Crippen LogP contribution is 2.29. The van der Waals surface area contributed by atoms with Crippen molar-refractivity contribution in [2.45, 2.75) is 64.3 Å². The minimum Gasteiger partial charge on any atom is -0.335 e. The SMILES string of the molecule is CC(NC(=O)NC1CCN(C(C)(C)C)CC1)c1ccc(C(F)(F)F)cc1. The quantitative estimate of drug-likeness (QED) is 0.831. The highest BCUT2D eigenvalue weighted by molar-refractivity contribution is 5.74. The molecule has 1 aromatic carbocycles. The minimum atomic E-state index is -4.35. The Balaban J connectivity index is 1.82. The number of hydrogen-bond acceptors (Lipinski definition) is 2. The molecule has 2 N–H and O–H groups in total. The summed E-state index contributed by atoms with van der Waals surface area (Å²) in [5, 5.41) is 5.77. The Morgan fingerprint density at radius 1 is 1.12 bits per heavy atom. The average molecular weight is 371 g/mol. The van der Waals surface area contributed by atoms with Crippen molar-refractivity contribution in [1.82, 2.24) is 15.5 Å². The van der Waals surface area contributed by atoms with Gasteiger partial charge in [0.05, 0.1) is 11.6 Å². The summed E-state index contributed by atoms with van der Waals surface area (Å²) < 4.78 is 37.8. The fourth-order valence-electron chi connectivity index (χ4n) is 3.16. The number of likely N-dealkylation sites (tertiary alicyclic amines) is 1. The number of hydrogen-bond donors (Lipinski definition) is 2. The molecule has 0 bridgehead atoms. The van der Waals surface area contributed by atoms with Gasteiger partial charge in [-0.2, -0.15) is 13.2 Å². The summed E-state index contributed by atoms with van der Waals surface area (Å²) >= 11 is 0. The van der Waals surface area contributed by atoms with E-state index in [1.807, 2.05) is 0 Å². The molecule has 2 rings (SSSR count). The van der Waals surface area contributed by atoms with Crippen LogP contribution in [0.25, 0.3) is 0 Å². The van der Waals surface area contributed by atoms with E-state index in [1.54, 1.807) is 6.92 Å². The molecule has 1 saturated heterocycles. The van der Waals surface area contributed by atoms with E-state index in [0.717, 1.165) is 38.1 Å². The van der Waals surface area contributed by atoms with Crippen LogP contribution in [0.4, 0.5) is 18.0 Å². The van der Waals surface area contributed by atoms with Gasteiger partial charge < -0.3 is 10.6 Å². The summed E-state index contributed by atoms with van der Waals surface area (Å²) in [5.74, 6) is 0. The number of alkyl halides is 3. The van der Waals surface area contributed by atoms with Gasteiger partial charge in [-0.1, -0.05) is 12.1 Å². The molecule has 0 spiro atoms. The first-order chi connectivity index (χ1) is 12.0. The van der Waals surface area contributed by atoms with Crippen LogP contribution < -0.4 is 10.6 Å². The van der Waals surface area contributed by atoms with Gasteiger partial charge in [-0.05, 0) is 58.2 Å². The van der Waals surface area contributed by atoms with Crippen LogP contribution in [-0.2, 0) is 6.18 Å². The van der Waals surface area contributed by atoms with Crippen LogP contribution in [0.3, 0.4) is 0 Å². The van der Waals surface area contributed by atoms with Crippen LogP contribution in [0.15, 0.2) is 24.3 Å². The predicted molar refractivity (Wildman–Crippen MR) is 95.9 cm³/mol. The van der Waals surface area contributed by atoms with E-state index in [2.05, 4.69) is 36.3 Å². The molecule has 1 atom stereocenters. The Kier molecular flexibility index (Phi) is 6.21. The first-order valence-electron chi connectivity index (χ1n) is 8.96. The van der Waals surface area contributed by atoms with Gasteiger partial charge in [-0.15, -0.1) is 0 Å². The van der Waals surface area contributed by atoms with Crippen LogP contribution in [0, 0.1) is 0 Å². The lowest BCUT2D eigenvalue weighted by molar-refractivity contribution is -0.137. The summed E-state index contributed by atoms with van der Waals surface area (Å²) in [6, 6.07) is 4.33. The molecule has 1 unspecified atom stereocenters. The fraction of sp³-hybridized carbons (Fsp3) is 0.632. The van der Waals surface area contributed by atoms with Gasteiger partial charge in [0.15, 0.2) is 0 Å². The number of urea groups is 1. The molecule has 1 aliphatic heterocycles. The molecular formula is C19H28F3N3O. The number of nitrogens with one attached hydrogen (secondary N) is 2. The molecule has 0 aliphatic carbocycles. The monoisotopic (exact) mass is 371 g/mol. The molecule has 1 heterocycles. The predicted octanol–water partition coefficient (Wildman–Crippen LogP) is 4.33. The maximum absolute atomic E-state index is 12.6. The summed E-state index contributed by atoms with van der Waals surface area (Å²) in [7, 11) is 0. The normalized spacial score (nSPS) is 18.4. The highest BCUT2D eigenvalue weighted by atomic mass is 19.4. The number of piperidine rings is 1. The number of benzene rings is 1. The third-order valence-electron chi connectivity index (χ3n) is 4.86. The van der Waals surface area contributed by atoms with E-state index in [4.69, 9.17) is 0 Å². The van der Waals surface area contributed by atoms with Gasteiger partial charge in [-0.25, -0.2) is 4.79 Å². The Bertz CT molecular complexity index is 600. The lowest BCUT2D eigenvalue weighted by Crippen LogP contribution is -2.52. The Labute approximate surface area is 153 Å². The molecule has 0 radical (unpaired) electrons. The van der Waals surface area contributed by atoms with Crippen LogP contribution in [0.5, 0.6) is 0 Å². The number of halogens is 3. The van der Waals surface area contributed by atoms with Gasteiger partial charge in [-0.3, -0.25) is 4.90 Å². The standard InChI is InChI=1S/C19H28F3N3O/c1-13(14-5-7-15(8-6-14)19(20,21)22)23-17(26)24-16-9-11-25(12-10-16)18(2,3)4/h5-8,13,16H,9-12H2,1-4H3,(H2,23,24,26). The summed E-state index contributed by atoms with van der Waals surface area (Å²) in [4.78, 5) is 14.6. The third kappa shape index (κ3) is 5.62. The van der Waals surface area contributed by atoms with E-state index in [0.29, 0.717) is 5.56 Å². The molecule has 4 nitrogen and oxygen atoms in total. The van der Waals surface area contributed by atoms with Crippen molar-refractivity contribution in [2.24, 2.45) is 0 Å². The lowest BCUT2D eigenvalue weighted by atomic mass is 9.98. The molecule has 1 aromatic rings. The molecule has 0 aromatic heterocycles. The summed E-state index contributed by atoms with van der Waals surface area (Å²) in [6.45, 7) is 10.2. The zero-order chi connectivity index (χ0) is 19.5. The molecular weight excluding hydrogens is 343 g/mol. The van der Waals surface area contributed by atoms with Gasteiger partial charge in [0.2, 0.25) is 0 Å². The van der Waals surface area contributed by atoms with Crippen LogP contribution >= 0.6 is 0 Å². The van der Waals surface area contributed by atoms with E-state index < -0.39 is 11.7 Å². The molecule has 1 fully saturated rings. The average Bonchev–Trinajstić information content (AvgIpc) is 2.53. The van der Waals surface area contributed by atoms with Crippen molar-refractivity contribution >= 4 is 6.03 Å². The molecule has 2 amide bonds. The van der Waals surface area contributed by atoms with Crippen molar-refractivity contribution in [3.63, 3.8) is 0 Å². The second-order valence-corrected chi connectivity index (χ2v) is 7.89. The van der Waals surface area contributed by atoms with Crippen LogP contribution in [0.1, 0.15) is 57.7 Å². The second kappa shape index (κ2) is 7.86. The largest absolute Gasteiger partial charge is 0.416 e. The number of amides is 2. The number of rotatable bonds is 3. The van der Waals surface area contributed by atoms with Crippen molar-refractivity contribution in [2.75, 3.05) is 13.1 Å². The maximum atomic E-state index is 12.6. The number of carbonyl (C=O) groups is 1. The Morgan fingerprint density at radius 3 is 2.12 bits per heavy atom. The van der Waals surface area contributed by atoms with Crippen molar-refractivity contribution < 1.29 is 18.0 Å². The van der Waals surface area contributed by atoms with Crippen LogP contribution in [0.2, 0.25) is 0 Å². The first kappa shape index (κ1) is 20.6. The van der Waals surface area contributed by atoms with Crippen molar-refractivity contribution in [3.05, 3.63) is 35.4 Å². The fourth-order valence-corrected chi connectivity index (χ4v) is 3.16. The summed E-state index contributed by atoms with van der Waals surface area (Å²) in [5.41, 5.74) is 0.0730. The maximum Gasteiger partial charge on any atom is 0.416 e. The lowest BCUT2D eigenvalue weighted by Gasteiger charge is -2.41. The van der Waals surface area contributed by atoms with Crippen LogP contribution in [-0.4, -0.2) is 35.6 Å². The highest BCUT2D eigenvalue weighted by Gasteiger charge is 2.30. The minimum absolute atomic E-state index is 0.119. The number of nitrogens with zero attached hydrogens (tertiary/aromatic N) is 1. The molecule has 7 heteroatoms. The Hall–Kier alpha value is -1.76. The van der Waals surface area contributed by atoms with E-state index >= 15 is 0 Å². The van der Waals surface area contributed by atoms with Gasteiger partial charge in [0, 0.05) is 24.7 Å². The molecule has 1 aliphatic rings. The molecule has 0 saturated carbocycles. The van der Waals surface area contributed by atoms with Gasteiger partial charge in [0.25, 0.3) is 0 Å². The van der Waals surface area contributed by atoms with E-state index in [-0.39, 0.29) is 23.7 Å². The third-order valence-corrected chi connectivity index (χ3v) is 4.86. The van der Waals surface area contributed by atoms with E-state index in [1.165, 1.54) is 12.1 Å². The zero-order valence-corrected chi connectivity index (χ0v) is 15.8. The van der Waals surface area contributed by atoms with Gasteiger partial charge in [0.1, 0.15) is 0 Å². The van der Waals surface area contributed by atoms with Crippen molar-refractivity contribution in [1.29, 1.82) is 0 Å². The second-order valence-electron chi connectivity index (χ2n) is 7.89. The zero-order valence-electron chi connectivity index (χ0n) is 15.8. The van der Waals surface area contributed by atoms with E-state index in [9.17, 15) is 18.0 Å². The topological polar surface area (TPSA) is 44.4 Å². The molecule has 26 heavy (non-hydrogen) atoms. The van der Waals surface area contributed by atoms with Crippen molar-refractivity contribution in [3.8, 4) is 0 Å².